The second kappa shape index (κ2) is 16.5. The molecule has 2 aromatic rings. The summed E-state index contributed by atoms with van der Waals surface area (Å²) in [6, 6.07) is 10.4. The van der Waals surface area contributed by atoms with Crippen LogP contribution in [0.2, 0.25) is 0 Å². The summed E-state index contributed by atoms with van der Waals surface area (Å²) in [6.07, 6.45) is 9.70. The number of rotatable bonds is 18. The summed E-state index contributed by atoms with van der Waals surface area (Å²) in [5.74, 6) is -3.20. The topological polar surface area (TPSA) is 118 Å². The van der Waals surface area contributed by atoms with E-state index in [4.69, 9.17) is 4.84 Å². The fourth-order valence-electron chi connectivity index (χ4n) is 4.25. The van der Waals surface area contributed by atoms with Crippen molar-refractivity contribution < 1.29 is 29.4 Å². The minimum absolute atomic E-state index is 0.0991. The standard InChI is InChI=1S/C29H42N2O6/c1-3-5-7-9-14-18-25(32)23(17-13-8-6-4-2)28(35)30-24(21-22-15-11-10-12-16-22)29(36)37-31-26(33)19-20-27(31)34/h10-12,15-16,19-20,23-24,33-34H,3-9,13-14,17-18,21H2,1-2H3,(H,30,35)/t23?,24-/m0/s1. The number of nitrogens with zero attached hydrogens (tertiary/aromatic N) is 1. The lowest BCUT2D eigenvalue weighted by Gasteiger charge is -2.22. The molecule has 2 rings (SSSR count). The van der Waals surface area contributed by atoms with E-state index < -0.39 is 35.6 Å². The smallest absolute Gasteiger partial charge is 0.355 e. The molecule has 0 aliphatic rings. The van der Waals surface area contributed by atoms with Gasteiger partial charge < -0.3 is 20.4 Å². The largest absolute Gasteiger partial charge is 0.492 e. The van der Waals surface area contributed by atoms with Gasteiger partial charge >= 0.3 is 5.97 Å². The molecule has 37 heavy (non-hydrogen) atoms. The van der Waals surface area contributed by atoms with Gasteiger partial charge in [-0.15, -0.1) is 4.73 Å². The molecule has 1 aromatic carbocycles. The molecule has 0 saturated heterocycles. The molecule has 3 N–H and O–H groups in total. The molecule has 0 saturated carbocycles. The molecule has 0 spiro atoms. The van der Waals surface area contributed by atoms with Crippen molar-refractivity contribution in [2.45, 2.75) is 96.9 Å². The molecule has 8 nitrogen and oxygen atoms in total. The van der Waals surface area contributed by atoms with Crippen LogP contribution in [-0.4, -0.2) is 38.6 Å². The first-order valence-corrected chi connectivity index (χ1v) is 13.6. The normalized spacial score (nSPS) is 12.6. The molecule has 1 amide bonds. The van der Waals surface area contributed by atoms with Gasteiger partial charge in [0.15, 0.2) is 0 Å². The van der Waals surface area contributed by atoms with Crippen LogP contribution >= 0.6 is 0 Å². The lowest BCUT2D eigenvalue weighted by Crippen LogP contribution is -2.49. The van der Waals surface area contributed by atoms with E-state index in [1.165, 1.54) is 12.1 Å². The summed E-state index contributed by atoms with van der Waals surface area (Å²) in [7, 11) is 0. The molecule has 1 heterocycles. The Kier molecular flexibility index (Phi) is 13.3. The third-order valence-electron chi connectivity index (χ3n) is 6.44. The summed E-state index contributed by atoms with van der Waals surface area (Å²) in [4.78, 5) is 44.7. The zero-order valence-electron chi connectivity index (χ0n) is 22.2. The van der Waals surface area contributed by atoms with Gasteiger partial charge in [-0.3, -0.25) is 9.59 Å². The van der Waals surface area contributed by atoms with E-state index in [1.54, 1.807) is 0 Å². The van der Waals surface area contributed by atoms with Crippen molar-refractivity contribution >= 4 is 17.7 Å². The SMILES string of the molecule is CCCCCCCC(=O)C(CCCCCC)C(=O)N[C@@H](Cc1ccccc1)C(=O)On1c(O)ccc1O. The zero-order valence-corrected chi connectivity index (χ0v) is 22.2. The van der Waals surface area contributed by atoms with E-state index in [0.29, 0.717) is 17.6 Å². The summed E-state index contributed by atoms with van der Waals surface area (Å²) < 4.78 is 0.593. The van der Waals surface area contributed by atoms with Gasteiger partial charge in [0.2, 0.25) is 17.7 Å². The third-order valence-corrected chi connectivity index (χ3v) is 6.44. The van der Waals surface area contributed by atoms with Gasteiger partial charge in [-0.2, -0.15) is 0 Å². The Morgan fingerprint density at radius 1 is 0.838 bits per heavy atom. The average molecular weight is 515 g/mol. The second-order valence-electron chi connectivity index (χ2n) is 9.54. The summed E-state index contributed by atoms with van der Waals surface area (Å²) >= 11 is 0. The second-order valence-corrected chi connectivity index (χ2v) is 9.54. The molecule has 8 heteroatoms. The highest BCUT2D eigenvalue weighted by Gasteiger charge is 2.31. The molecular formula is C29H42N2O6. The molecule has 2 atom stereocenters. The number of benzene rings is 1. The molecule has 1 aromatic heterocycles. The Bertz CT molecular complexity index is 953. The van der Waals surface area contributed by atoms with Crippen LogP contribution in [0.15, 0.2) is 42.5 Å². The Morgan fingerprint density at radius 3 is 2.05 bits per heavy atom. The van der Waals surface area contributed by atoms with Crippen LogP contribution in [0.4, 0.5) is 0 Å². The zero-order chi connectivity index (χ0) is 27.0. The summed E-state index contributed by atoms with van der Waals surface area (Å²) in [5.41, 5.74) is 0.785. The van der Waals surface area contributed by atoms with Gasteiger partial charge in [0, 0.05) is 25.0 Å². The van der Waals surface area contributed by atoms with Crippen LogP contribution in [0.1, 0.15) is 90.0 Å². The molecule has 0 radical (unpaired) electrons. The number of amides is 1. The quantitative estimate of drug-likeness (QED) is 0.188. The van der Waals surface area contributed by atoms with Gasteiger partial charge in [-0.25, -0.2) is 4.79 Å². The lowest BCUT2D eigenvalue weighted by atomic mass is 9.91. The first kappa shape index (κ1) is 29.9. The van der Waals surface area contributed by atoms with Crippen LogP contribution in [0.5, 0.6) is 11.8 Å². The highest BCUT2D eigenvalue weighted by atomic mass is 16.7. The number of aromatic hydroxyl groups is 2. The van der Waals surface area contributed by atoms with Crippen LogP contribution in [0.25, 0.3) is 0 Å². The lowest BCUT2D eigenvalue weighted by molar-refractivity contribution is -0.150. The maximum atomic E-state index is 13.4. The molecule has 0 bridgehead atoms. The van der Waals surface area contributed by atoms with E-state index in [2.05, 4.69) is 19.2 Å². The number of hydrogen-bond acceptors (Lipinski definition) is 6. The van der Waals surface area contributed by atoms with E-state index in [1.807, 2.05) is 30.3 Å². The average Bonchev–Trinajstić information content (AvgIpc) is 3.20. The number of ketones is 1. The fourth-order valence-corrected chi connectivity index (χ4v) is 4.25. The third kappa shape index (κ3) is 10.3. The molecule has 0 aliphatic heterocycles. The Balaban J connectivity index is 2.15. The Morgan fingerprint density at radius 2 is 1.43 bits per heavy atom. The van der Waals surface area contributed by atoms with Crippen LogP contribution in [-0.2, 0) is 20.8 Å². The first-order chi connectivity index (χ1) is 17.9. The van der Waals surface area contributed by atoms with Crippen LogP contribution in [0, 0.1) is 5.92 Å². The molecule has 1 unspecified atom stereocenters. The number of carbonyl (C=O) groups is 3. The monoisotopic (exact) mass is 514 g/mol. The molecule has 204 valence electrons. The molecule has 0 fully saturated rings. The number of carbonyl (C=O) groups excluding carboxylic acids is 3. The van der Waals surface area contributed by atoms with Crippen LogP contribution in [0.3, 0.4) is 0 Å². The van der Waals surface area contributed by atoms with Gasteiger partial charge in [-0.1, -0.05) is 95.5 Å². The first-order valence-electron chi connectivity index (χ1n) is 13.6. The highest BCUT2D eigenvalue weighted by Crippen LogP contribution is 2.20. The maximum absolute atomic E-state index is 13.4. The predicted molar refractivity (Wildman–Crippen MR) is 142 cm³/mol. The molecule has 0 aliphatic carbocycles. The van der Waals surface area contributed by atoms with Crippen molar-refractivity contribution in [3.05, 3.63) is 48.0 Å². The minimum Gasteiger partial charge on any atom is -0.492 e. The van der Waals surface area contributed by atoms with Crippen molar-refractivity contribution in [1.29, 1.82) is 0 Å². The van der Waals surface area contributed by atoms with Gasteiger partial charge in [0.1, 0.15) is 11.8 Å². The van der Waals surface area contributed by atoms with E-state index in [0.717, 1.165) is 63.4 Å². The van der Waals surface area contributed by atoms with Crippen molar-refractivity contribution in [3.63, 3.8) is 0 Å². The number of nitrogens with one attached hydrogen (secondary N) is 1. The summed E-state index contributed by atoms with van der Waals surface area (Å²) in [6.45, 7) is 4.24. The van der Waals surface area contributed by atoms with Crippen molar-refractivity contribution in [1.82, 2.24) is 10.0 Å². The van der Waals surface area contributed by atoms with Gasteiger partial charge in [0.25, 0.3) is 0 Å². The van der Waals surface area contributed by atoms with E-state index in [9.17, 15) is 24.6 Å². The maximum Gasteiger partial charge on any atom is 0.355 e. The Hall–Kier alpha value is -3.29. The van der Waals surface area contributed by atoms with Gasteiger partial charge in [0.05, 0.1) is 5.92 Å². The predicted octanol–water partition coefficient (Wildman–Crippen LogP) is 5.10. The number of Topliss-reactive ketones (excluding diaryl/α,β-unsaturated/α-hetero) is 1. The van der Waals surface area contributed by atoms with E-state index >= 15 is 0 Å². The molecular weight excluding hydrogens is 472 g/mol. The minimum atomic E-state index is -1.12. The highest BCUT2D eigenvalue weighted by molar-refractivity contribution is 6.02. The fraction of sp³-hybridized carbons (Fsp3) is 0.552. The van der Waals surface area contributed by atoms with Crippen molar-refractivity contribution in [2.75, 3.05) is 0 Å². The summed E-state index contributed by atoms with van der Waals surface area (Å²) in [5, 5.41) is 22.5. The van der Waals surface area contributed by atoms with Crippen molar-refractivity contribution in [2.24, 2.45) is 5.92 Å². The number of aromatic nitrogens is 1. The van der Waals surface area contributed by atoms with E-state index in [-0.39, 0.29) is 12.2 Å². The number of unbranched alkanes of at least 4 members (excludes halogenated alkanes) is 7. The van der Waals surface area contributed by atoms with Crippen molar-refractivity contribution in [3.8, 4) is 11.8 Å². The van der Waals surface area contributed by atoms with Gasteiger partial charge in [-0.05, 0) is 18.4 Å². The number of hydrogen-bond donors (Lipinski definition) is 3. The Labute approximate surface area is 220 Å². The van der Waals surface area contributed by atoms with Crippen LogP contribution < -0.4 is 10.2 Å².